The van der Waals surface area contributed by atoms with Crippen LogP contribution >= 0.6 is 0 Å². The molecule has 0 aliphatic rings. The van der Waals surface area contributed by atoms with Crippen molar-refractivity contribution in [3.8, 4) is 0 Å². The molecule has 0 N–H and O–H groups in total. The Morgan fingerprint density at radius 1 is 1.00 bits per heavy atom. The summed E-state index contributed by atoms with van der Waals surface area (Å²) in [6, 6.07) is 13.0. The van der Waals surface area contributed by atoms with Crippen molar-refractivity contribution >= 4 is 0 Å². The van der Waals surface area contributed by atoms with Crippen LogP contribution in [-0.4, -0.2) is 47.5 Å². The minimum Gasteiger partial charge on any atom is -0.307 e. The van der Waals surface area contributed by atoms with E-state index < -0.39 is 0 Å². The van der Waals surface area contributed by atoms with Gasteiger partial charge in [-0.15, -0.1) is 0 Å². The average Bonchev–Trinajstić information content (AvgIpc) is 2.53. The van der Waals surface area contributed by atoms with Crippen LogP contribution in [0.5, 0.6) is 0 Å². The van der Waals surface area contributed by atoms with E-state index in [4.69, 9.17) is 4.98 Å². The van der Waals surface area contributed by atoms with Crippen molar-refractivity contribution in [2.75, 3.05) is 27.7 Å². The monoisotopic (exact) mass is 312 g/mol. The molecular formula is C19H28N4. The third-order valence-corrected chi connectivity index (χ3v) is 3.91. The SMILES string of the molecule is CC(C)c1nccc(CN(C)C(CN(C)C)c2ccccc2)n1. The van der Waals surface area contributed by atoms with Crippen molar-refractivity contribution in [2.45, 2.75) is 32.4 Å². The Kier molecular flexibility index (Phi) is 6.25. The first kappa shape index (κ1) is 17.6. The number of aromatic nitrogens is 2. The van der Waals surface area contributed by atoms with Crippen LogP contribution in [0.4, 0.5) is 0 Å². The molecule has 0 spiro atoms. The second kappa shape index (κ2) is 8.18. The zero-order valence-corrected chi connectivity index (χ0v) is 14.9. The molecule has 4 nitrogen and oxygen atoms in total. The normalized spacial score (nSPS) is 13.0. The summed E-state index contributed by atoms with van der Waals surface area (Å²) >= 11 is 0. The van der Waals surface area contributed by atoms with Gasteiger partial charge in [0.25, 0.3) is 0 Å². The summed E-state index contributed by atoms with van der Waals surface area (Å²) in [6.07, 6.45) is 1.87. The van der Waals surface area contributed by atoms with Crippen LogP contribution in [0.3, 0.4) is 0 Å². The van der Waals surface area contributed by atoms with Gasteiger partial charge >= 0.3 is 0 Å². The fraction of sp³-hybridized carbons (Fsp3) is 0.474. The molecule has 23 heavy (non-hydrogen) atoms. The van der Waals surface area contributed by atoms with E-state index in [0.29, 0.717) is 12.0 Å². The molecule has 0 aliphatic carbocycles. The first-order valence-corrected chi connectivity index (χ1v) is 8.19. The van der Waals surface area contributed by atoms with Gasteiger partial charge in [-0.1, -0.05) is 44.2 Å². The van der Waals surface area contributed by atoms with E-state index >= 15 is 0 Å². The quantitative estimate of drug-likeness (QED) is 0.785. The fourth-order valence-electron chi connectivity index (χ4n) is 2.67. The second-order valence-corrected chi connectivity index (χ2v) is 6.66. The van der Waals surface area contributed by atoms with Crippen LogP contribution in [0.1, 0.15) is 42.9 Å². The number of likely N-dealkylation sites (N-methyl/N-ethyl adjacent to an activating group) is 2. The molecule has 124 valence electrons. The maximum atomic E-state index is 4.70. The van der Waals surface area contributed by atoms with Crippen LogP contribution < -0.4 is 0 Å². The number of hydrogen-bond acceptors (Lipinski definition) is 4. The van der Waals surface area contributed by atoms with E-state index in [-0.39, 0.29) is 0 Å². The number of hydrogen-bond donors (Lipinski definition) is 0. The molecule has 0 radical (unpaired) electrons. The molecule has 0 fully saturated rings. The Hall–Kier alpha value is -1.78. The number of rotatable bonds is 7. The van der Waals surface area contributed by atoms with Gasteiger partial charge in [0.05, 0.1) is 5.69 Å². The largest absolute Gasteiger partial charge is 0.307 e. The minimum absolute atomic E-state index is 0.337. The van der Waals surface area contributed by atoms with Crippen molar-refractivity contribution in [1.29, 1.82) is 0 Å². The van der Waals surface area contributed by atoms with E-state index in [1.807, 2.05) is 12.3 Å². The first-order valence-electron chi connectivity index (χ1n) is 8.19. The third kappa shape index (κ3) is 5.12. The van der Waals surface area contributed by atoms with Crippen LogP contribution in [0.15, 0.2) is 42.6 Å². The zero-order valence-electron chi connectivity index (χ0n) is 14.9. The fourth-order valence-corrected chi connectivity index (χ4v) is 2.67. The van der Waals surface area contributed by atoms with Crippen molar-refractivity contribution < 1.29 is 0 Å². The minimum atomic E-state index is 0.337. The van der Waals surface area contributed by atoms with Gasteiger partial charge in [0.2, 0.25) is 0 Å². The Morgan fingerprint density at radius 3 is 2.30 bits per heavy atom. The summed E-state index contributed by atoms with van der Waals surface area (Å²) in [5.74, 6) is 1.27. The van der Waals surface area contributed by atoms with E-state index in [1.54, 1.807) is 0 Å². The molecule has 0 bridgehead atoms. The zero-order chi connectivity index (χ0) is 16.8. The Bertz CT molecular complexity index is 595. The first-order chi connectivity index (χ1) is 11.0. The average molecular weight is 312 g/mol. The smallest absolute Gasteiger partial charge is 0.131 e. The molecule has 1 aromatic carbocycles. The predicted octanol–water partition coefficient (Wildman–Crippen LogP) is 3.33. The Morgan fingerprint density at radius 2 is 1.70 bits per heavy atom. The Balaban J connectivity index is 2.17. The summed E-state index contributed by atoms with van der Waals surface area (Å²) in [6.45, 7) is 6.04. The highest BCUT2D eigenvalue weighted by Crippen LogP contribution is 2.21. The number of nitrogens with zero attached hydrogens (tertiary/aromatic N) is 4. The maximum Gasteiger partial charge on any atom is 0.131 e. The molecule has 0 aliphatic heterocycles. The van der Waals surface area contributed by atoms with Crippen molar-refractivity contribution in [2.24, 2.45) is 0 Å². The van der Waals surface area contributed by atoms with Gasteiger partial charge in [-0.05, 0) is 32.8 Å². The van der Waals surface area contributed by atoms with E-state index in [1.165, 1.54) is 5.56 Å². The molecule has 0 saturated carbocycles. The molecule has 1 heterocycles. The van der Waals surface area contributed by atoms with Crippen molar-refractivity contribution in [1.82, 2.24) is 19.8 Å². The highest BCUT2D eigenvalue weighted by Gasteiger charge is 2.18. The summed E-state index contributed by atoms with van der Waals surface area (Å²) in [4.78, 5) is 13.7. The molecule has 0 saturated heterocycles. The highest BCUT2D eigenvalue weighted by atomic mass is 15.2. The lowest BCUT2D eigenvalue weighted by atomic mass is 10.0. The van der Waals surface area contributed by atoms with Crippen molar-refractivity contribution in [3.05, 3.63) is 59.7 Å². The van der Waals surface area contributed by atoms with E-state index in [9.17, 15) is 0 Å². The van der Waals surface area contributed by atoms with Crippen molar-refractivity contribution in [3.63, 3.8) is 0 Å². The summed E-state index contributed by atoms with van der Waals surface area (Å²) in [5.41, 5.74) is 2.41. The molecular weight excluding hydrogens is 284 g/mol. The lowest BCUT2D eigenvalue weighted by Gasteiger charge is -2.30. The van der Waals surface area contributed by atoms with E-state index in [0.717, 1.165) is 24.6 Å². The third-order valence-electron chi connectivity index (χ3n) is 3.91. The van der Waals surface area contributed by atoms with E-state index in [2.05, 4.69) is 80.1 Å². The summed E-state index contributed by atoms with van der Waals surface area (Å²) in [7, 11) is 6.40. The standard InChI is InChI=1S/C19H28N4/c1-15(2)19-20-12-11-17(21-19)13-23(5)18(14-22(3)4)16-9-7-6-8-10-16/h6-12,15,18H,13-14H2,1-5H3. The van der Waals surface area contributed by atoms with Gasteiger partial charge in [-0.3, -0.25) is 4.90 Å². The predicted molar refractivity (Wildman–Crippen MR) is 95.3 cm³/mol. The van der Waals surface area contributed by atoms with Crippen LogP contribution in [0, 0.1) is 0 Å². The molecule has 1 atom stereocenters. The molecule has 1 unspecified atom stereocenters. The summed E-state index contributed by atoms with van der Waals surface area (Å²) < 4.78 is 0. The molecule has 2 rings (SSSR count). The second-order valence-electron chi connectivity index (χ2n) is 6.66. The van der Waals surface area contributed by atoms with Gasteiger partial charge in [0, 0.05) is 31.2 Å². The van der Waals surface area contributed by atoms with Gasteiger partial charge in [0.15, 0.2) is 0 Å². The van der Waals surface area contributed by atoms with Crippen LogP contribution in [0.25, 0.3) is 0 Å². The maximum absolute atomic E-state index is 4.70. The van der Waals surface area contributed by atoms with Gasteiger partial charge in [-0.2, -0.15) is 0 Å². The number of benzene rings is 1. The molecule has 4 heteroatoms. The van der Waals surface area contributed by atoms with Gasteiger partial charge in [0.1, 0.15) is 5.82 Å². The molecule has 2 aromatic rings. The summed E-state index contributed by atoms with van der Waals surface area (Å²) in [5, 5.41) is 0. The van der Waals surface area contributed by atoms with Crippen LogP contribution in [0.2, 0.25) is 0 Å². The van der Waals surface area contributed by atoms with Crippen LogP contribution in [-0.2, 0) is 6.54 Å². The lowest BCUT2D eigenvalue weighted by molar-refractivity contribution is 0.188. The Labute approximate surface area is 140 Å². The molecule has 1 aromatic heterocycles. The van der Waals surface area contributed by atoms with Gasteiger partial charge < -0.3 is 4.90 Å². The molecule has 0 amide bonds. The topological polar surface area (TPSA) is 32.3 Å². The lowest BCUT2D eigenvalue weighted by Crippen LogP contribution is -2.33. The van der Waals surface area contributed by atoms with Gasteiger partial charge in [-0.25, -0.2) is 9.97 Å². The highest BCUT2D eigenvalue weighted by molar-refractivity contribution is 5.19.